The highest BCUT2D eigenvalue weighted by Crippen LogP contribution is 2.47. The van der Waals surface area contributed by atoms with Gasteiger partial charge in [0.05, 0.1) is 0 Å². The summed E-state index contributed by atoms with van der Waals surface area (Å²) in [5.41, 5.74) is 5.01. The molecule has 0 bridgehead atoms. The van der Waals surface area contributed by atoms with Crippen molar-refractivity contribution in [2.75, 3.05) is 19.7 Å². The first-order chi connectivity index (χ1) is 20.7. The van der Waals surface area contributed by atoms with E-state index in [1.807, 2.05) is 30.3 Å². The highest BCUT2D eigenvalue weighted by molar-refractivity contribution is 6.03. The van der Waals surface area contributed by atoms with Crippen molar-refractivity contribution in [1.82, 2.24) is 15.4 Å². The minimum absolute atomic E-state index is 0.0393. The number of nitrogens with zero attached hydrogens (tertiary/aromatic N) is 1. The molecule has 4 N–H and O–H groups in total. The number of carbonyl (C=O) groups is 3. The van der Waals surface area contributed by atoms with Crippen molar-refractivity contribution in [2.24, 2.45) is 5.92 Å². The van der Waals surface area contributed by atoms with E-state index in [1.165, 1.54) is 12.1 Å². The molecule has 0 aliphatic heterocycles. The van der Waals surface area contributed by atoms with Gasteiger partial charge in [-0.2, -0.15) is 0 Å². The van der Waals surface area contributed by atoms with Gasteiger partial charge >= 0.3 is 6.16 Å². The third-order valence-corrected chi connectivity index (χ3v) is 7.54. The van der Waals surface area contributed by atoms with Crippen molar-refractivity contribution >= 4 is 18.0 Å². The Hall–Kier alpha value is -4.47. The Balaban J connectivity index is 1.53. The number of hydrogen-bond acceptors (Lipinski definition) is 7. The lowest BCUT2D eigenvalue weighted by Crippen LogP contribution is -2.25. The summed E-state index contributed by atoms with van der Waals surface area (Å²) in [4.78, 5) is 42.9. The average molecular weight is 592 g/mol. The van der Waals surface area contributed by atoms with Crippen LogP contribution in [0.15, 0.2) is 48.5 Å². The van der Waals surface area contributed by atoms with Crippen molar-refractivity contribution in [2.45, 2.75) is 65.2 Å². The van der Waals surface area contributed by atoms with Crippen LogP contribution in [0.3, 0.4) is 0 Å². The van der Waals surface area contributed by atoms with Gasteiger partial charge in [0.25, 0.3) is 5.91 Å². The number of aromatic hydroxyl groups is 2. The van der Waals surface area contributed by atoms with Crippen LogP contribution in [0.2, 0.25) is 0 Å². The van der Waals surface area contributed by atoms with Crippen LogP contribution in [0.25, 0.3) is 11.1 Å². The predicted octanol–water partition coefficient (Wildman–Crippen LogP) is 5.29. The van der Waals surface area contributed by atoms with E-state index in [2.05, 4.69) is 31.4 Å². The van der Waals surface area contributed by atoms with Crippen molar-refractivity contribution in [3.8, 4) is 22.9 Å². The zero-order valence-electron chi connectivity index (χ0n) is 25.0. The second-order valence-electron chi connectivity index (χ2n) is 11.2. The van der Waals surface area contributed by atoms with Gasteiger partial charge in [-0.25, -0.2) is 4.79 Å². The Kier molecular flexibility index (Phi) is 10.7. The number of rotatable bonds is 14. The molecule has 1 atom stereocenters. The topological polar surface area (TPSA) is 139 Å². The third-order valence-electron chi connectivity index (χ3n) is 7.54. The highest BCUT2D eigenvalue weighted by Gasteiger charge is 2.33. The summed E-state index contributed by atoms with van der Waals surface area (Å²) in [6.07, 6.45) is 3.48. The molecular weight excluding hydrogens is 550 g/mol. The lowest BCUT2D eigenvalue weighted by atomic mass is 9.95. The maximum absolute atomic E-state index is 13.2. The first-order valence-electron chi connectivity index (χ1n) is 14.9. The molecule has 0 fully saturated rings. The Bertz CT molecular complexity index is 1430. The second kappa shape index (κ2) is 14.6. The van der Waals surface area contributed by atoms with E-state index in [1.54, 1.807) is 6.07 Å². The predicted molar refractivity (Wildman–Crippen MR) is 162 cm³/mol. The number of aromatic nitrogens is 1. The number of ether oxygens (including phenoxy) is 1. The molecule has 0 spiro atoms. The Morgan fingerprint density at radius 3 is 2.44 bits per heavy atom. The molecule has 10 nitrogen and oxygen atoms in total. The largest absolute Gasteiger partial charge is 0.534 e. The first kappa shape index (κ1) is 31.5. The van der Waals surface area contributed by atoms with Gasteiger partial charge < -0.3 is 25.6 Å². The SMILES string of the molecule is CCCCNC(=O)c1cccc2c1-c1ccc(CCCC(=O)NCCC(C)C)cc1C2COC(=O)On1c(O)ccc1O. The van der Waals surface area contributed by atoms with Crippen molar-refractivity contribution in [3.05, 3.63) is 70.8 Å². The molecule has 0 saturated carbocycles. The molecule has 1 aliphatic rings. The summed E-state index contributed by atoms with van der Waals surface area (Å²) in [5, 5.41) is 25.5. The summed E-state index contributed by atoms with van der Waals surface area (Å²) in [6, 6.07) is 13.9. The molecule has 1 heterocycles. The molecular formula is C33H41N3O7. The van der Waals surface area contributed by atoms with Crippen LogP contribution < -0.4 is 15.5 Å². The molecule has 2 aromatic carbocycles. The Labute approximate surface area is 252 Å². The van der Waals surface area contributed by atoms with Crippen molar-refractivity contribution in [3.63, 3.8) is 0 Å². The van der Waals surface area contributed by atoms with Crippen LogP contribution in [-0.2, 0) is 16.0 Å². The zero-order chi connectivity index (χ0) is 30.9. The monoisotopic (exact) mass is 591 g/mol. The Morgan fingerprint density at radius 2 is 1.72 bits per heavy atom. The number of nitrogens with one attached hydrogen (secondary N) is 2. The lowest BCUT2D eigenvalue weighted by molar-refractivity contribution is -0.121. The van der Waals surface area contributed by atoms with E-state index in [0.29, 0.717) is 48.6 Å². The number of fused-ring (bicyclic) bond motifs is 3. The number of unbranched alkanes of at least 4 members (excludes halogenated alkanes) is 1. The van der Waals surface area contributed by atoms with Crippen molar-refractivity contribution < 1.29 is 34.2 Å². The van der Waals surface area contributed by atoms with Crippen LogP contribution in [0, 0.1) is 5.92 Å². The fourth-order valence-electron chi connectivity index (χ4n) is 5.24. The Morgan fingerprint density at radius 1 is 0.953 bits per heavy atom. The molecule has 4 rings (SSSR count). The van der Waals surface area contributed by atoms with Gasteiger partial charge in [-0.15, -0.1) is 4.73 Å². The average Bonchev–Trinajstić information content (AvgIpc) is 3.47. The molecule has 1 aliphatic carbocycles. The van der Waals surface area contributed by atoms with Gasteiger partial charge in [0, 0.05) is 43.1 Å². The number of amides is 2. The molecule has 2 amide bonds. The van der Waals surface area contributed by atoms with Crippen LogP contribution in [0.5, 0.6) is 11.8 Å². The normalized spacial score (nSPS) is 13.3. The zero-order valence-corrected chi connectivity index (χ0v) is 25.0. The number of hydrogen-bond donors (Lipinski definition) is 4. The van der Waals surface area contributed by atoms with E-state index in [9.17, 15) is 24.6 Å². The summed E-state index contributed by atoms with van der Waals surface area (Å²) in [7, 11) is 0. The van der Waals surface area contributed by atoms with Crippen molar-refractivity contribution in [1.29, 1.82) is 0 Å². The van der Waals surface area contributed by atoms with E-state index in [-0.39, 0.29) is 24.3 Å². The smallest absolute Gasteiger partial charge is 0.492 e. The number of carbonyl (C=O) groups excluding carboxylic acids is 3. The summed E-state index contributed by atoms with van der Waals surface area (Å²) in [6.45, 7) is 7.47. The van der Waals surface area contributed by atoms with Gasteiger partial charge in [0.2, 0.25) is 17.7 Å². The van der Waals surface area contributed by atoms with Crippen LogP contribution in [-0.4, -0.2) is 52.6 Å². The molecule has 3 aromatic rings. The fourth-order valence-corrected chi connectivity index (χ4v) is 5.24. The molecule has 43 heavy (non-hydrogen) atoms. The van der Waals surface area contributed by atoms with E-state index in [4.69, 9.17) is 9.57 Å². The minimum atomic E-state index is -1.11. The summed E-state index contributed by atoms with van der Waals surface area (Å²) >= 11 is 0. The molecule has 10 heteroatoms. The maximum atomic E-state index is 13.2. The second-order valence-corrected chi connectivity index (χ2v) is 11.2. The lowest BCUT2D eigenvalue weighted by Gasteiger charge is -2.15. The fraction of sp³-hybridized carbons (Fsp3) is 0.424. The highest BCUT2D eigenvalue weighted by atomic mass is 16.8. The third kappa shape index (κ3) is 7.88. The molecule has 1 unspecified atom stereocenters. The number of aryl methyl sites for hydroxylation is 1. The van der Waals surface area contributed by atoms with Crippen LogP contribution >= 0.6 is 0 Å². The van der Waals surface area contributed by atoms with Crippen LogP contribution in [0.4, 0.5) is 4.79 Å². The molecule has 230 valence electrons. The molecule has 0 saturated heterocycles. The van der Waals surface area contributed by atoms with Gasteiger partial charge in [-0.1, -0.05) is 57.5 Å². The van der Waals surface area contributed by atoms with Gasteiger partial charge in [-0.3, -0.25) is 14.4 Å². The number of benzene rings is 2. The maximum Gasteiger partial charge on any atom is 0.534 e. The molecule has 1 aromatic heterocycles. The quantitative estimate of drug-likeness (QED) is 0.148. The summed E-state index contributed by atoms with van der Waals surface area (Å²) in [5.74, 6) is -0.885. The van der Waals surface area contributed by atoms with Gasteiger partial charge in [-0.05, 0) is 65.5 Å². The first-order valence-corrected chi connectivity index (χ1v) is 14.9. The standard InChI is InChI=1S/C33H41N3O7/c1-4-5-17-35-32(40)25-10-7-9-23-27(20-42-33(41)43-36-29(38)14-15-30(36)39)26-19-22(12-13-24(26)31(23)25)8-6-11-28(37)34-18-16-21(2)3/h7,9-10,12-15,19,21,27,38-39H,4-6,8,11,16-18,20H2,1-3H3,(H,34,37)(H,35,40). The van der Waals surface area contributed by atoms with E-state index < -0.39 is 17.9 Å². The molecule has 0 radical (unpaired) electrons. The minimum Gasteiger partial charge on any atom is -0.492 e. The van der Waals surface area contributed by atoms with Gasteiger partial charge in [0.15, 0.2) is 0 Å². The van der Waals surface area contributed by atoms with Crippen LogP contribution in [0.1, 0.15) is 85.8 Å². The van der Waals surface area contributed by atoms with Gasteiger partial charge in [0.1, 0.15) is 6.61 Å². The van der Waals surface area contributed by atoms with E-state index >= 15 is 0 Å². The van der Waals surface area contributed by atoms with E-state index in [0.717, 1.165) is 47.1 Å². The summed E-state index contributed by atoms with van der Waals surface area (Å²) < 4.78 is 6.02.